The molecule has 0 aliphatic carbocycles. The van der Waals surface area contributed by atoms with Crippen molar-refractivity contribution in [3.05, 3.63) is 60.2 Å². The summed E-state index contributed by atoms with van der Waals surface area (Å²) in [4.78, 5) is 12.4. The van der Waals surface area contributed by atoms with Gasteiger partial charge in [-0.3, -0.25) is 4.79 Å². The summed E-state index contributed by atoms with van der Waals surface area (Å²) in [7, 11) is 0. The normalized spacial score (nSPS) is 16.8. The molecule has 1 heterocycles. The number of hydrogen-bond donors (Lipinski definition) is 3. The Bertz CT molecular complexity index is 701. The average molecular weight is 376 g/mol. The first-order chi connectivity index (χ1) is 12.1. The van der Waals surface area contributed by atoms with E-state index in [9.17, 15) is 4.79 Å². The Hall–Kier alpha value is -2.08. The van der Waals surface area contributed by atoms with E-state index in [-0.39, 0.29) is 24.4 Å². The van der Waals surface area contributed by atoms with Gasteiger partial charge in [0.2, 0.25) is 5.91 Å². The first kappa shape index (κ1) is 20.2. The van der Waals surface area contributed by atoms with Crippen molar-refractivity contribution in [2.24, 2.45) is 5.73 Å². The summed E-state index contributed by atoms with van der Waals surface area (Å²) in [6.07, 6.45) is 1.10. The number of carbonyl (C=O) groups is 1. The number of halogens is 1. The molecule has 5 nitrogen and oxygen atoms in total. The molecule has 140 valence electrons. The second-order valence-electron chi connectivity index (χ2n) is 6.58. The van der Waals surface area contributed by atoms with Crippen molar-refractivity contribution in [2.75, 3.05) is 23.8 Å². The number of rotatable bonds is 5. The molecule has 3 rings (SSSR count). The van der Waals surface area contributed by atoms with E-state index in [1.54, 1.807) is 0 Å². The van der Waals surface area contributed by atoms with Crippen molar-refractivity contribution in [2.45, 2.75) is 31.3 Å². The van der Waals surface area contributed by atoms with Crippen LogP contribution in [0.2, 0.25) is 0 Å². The van der Waals surface area contributed by atoms with Crippen molar-refractivity contribution in [3.63, 3.8) is 0 Å². The Morgan fingerprint density at radius 1 is 1.04 bits per heavy atom. The monoisotopic (exact) mass is 375 g/mol. The van der Waals surface area contributed by atoms with Crippen LogP contribution in [-0.2, 0) is 9.53 Å². The maximum atomic E-state index is 12.4. The van der Waals surface area contributed by atoms with Gasteiger partial charge >= 0.3 is 0 Å². The third-order valence-electron chi connectivity index (χ3n) is 4.66. The summed E-state index contributed by atoms with van der Waals surface area (Å²) < 4.78 is 5.29. The van der Waals surface area contributed by atoms with Gasteiger partial charge in [0.1, 0.15) is 5.54 Å². The Morgan fingerprint density at radius 3 is 2.23 bits per heavy atom. The molecule has 2 aromatic carbocycles. The summed E-state index contributed by atoms with van der Waals surface area (Å²) in [6.45, 7) is 3.18. The fraction of sp³-hybridized carbons (Fsp3) is 0.350. The molecule has 6 heteroatoms. The Labute approximate surface area is 160 Å². The van der Waals surface area contributed by atoms with E-state index in [1.807, 2.05) is 42.5 Å². The van der Waals surface area contributed by atoms with Gasteiger partial charge < -0.3 is 21.1 Å². The number of anilines is 2. The van der Waals surface area contributed by atoms with Gasteiger partial charge in [-0.1, -0.05) is 30.3 Å². The molecule has 1 aliphatic rings. The number of benzene rings is 2. The molecule has 1 unspecified atom stereocenters. The lowest BCUT2D eigenvalue weighted by atomic mass is 9.90. The first-order valence-corrected chi connectivity index (χ1v) is 8.66. The molecule has 4 N–H and O–H groups in total. The van der Waals surface area contributed by atoms with E-state index in [0.717, 1.165) is 11.4 Å². The quantitative estimate of drug-likeness (QED) is 0.744. The molecule has 1 saturated heterocycles. The van der Waals surface area contributed by atoms with Crippen LogP contribution in [0.1, 0.15) is 31.4 Å². The van der Waals surface area contributed by atoms with Gasteiger partial charge in [0, 0.05) is 30.6 Å². The highest BCUT2D eigenvalue weighted by molar-refractivity contribution is 5.98. The molecule has 0 spiro atoms. The molecule has 1 amide bonds. The van der Waals surface area contributed by atoms with E-state index in [4.69, 9.17) is 10.5 Å². The molecule has 1 aliphatic heterocycles. The van der Waals surface area contributed by atoms with Gasteiger partial charge in [0.15, 0.2) is 0 Å². The first-order valence-electron chi connectivity index (χ1n) is 8.66. The molecule has 1 fully saturated rings. The zero-order chi connectivity index (χ0) is 17.7. The molecular weight excluding hydrogens is 350 g/mol. The van der Waals surface area contributed by atoms with Crippen LogP contribution in [0.4, 0.5) is 11.4 Å². The van der Waals surface area contributed by atoms with E-state index >= 15 is 0 Å². The molecule has 2 aromatic rings. The van der Waals surface area contributed by atoms with Crippen LogP contribution < -0.4 is 16.4 Å². The van der Waals surface area contributed by atoms with Crippen molar-refractivity contribution >= 4 is 29.7 Å². The number of nitrogens with one attached hydrogen (secondary N) is 2. The predicted octanol–water partition coefficient (Wildman–Crippen LogP) is 3.73. The second kappa shape index (κ2) is 9.03. The zero-order valence-corrected chi connectivity index (χ0v) is 15.7. The van der Waals surface area contributed by atoms with Crippen LogP contribution in [0, 0.1) is 0 Å². The standard InChI is InChI=1S/C20H25N3O2.ClH/c1-15(16-5-3-2-4-6-16)22-17-7-9-18(10-8-17)23-19(24)20(21)11-13-25-14-12-20;/h2-10,15,22H,11-14,21H2,1H3,(H,23,24);1H. The fourth-order valence-corrected chi connectivity index (χ4v) is 2.94. The summed E-state index contributed by atoms with van der Waals surface area (Å²) in [5, 5.41) is 6.37. The van der Waals surface area contributed by atoms with Crippen molar-refractivity contribution in [1.82, 2.24) is 0 Å². The lowest BCUT2D eigenvalue weighted by Gasteiger charge is -2.31. The summed E-state index contributed by atoms with van der Waals surface area (Å²) in [6, 6.07) is 18.2. The van der Waals surface area contributed by atoms with Crippen LogP contribution >= 0.6 is 12.4 Å². The fourth-order valence-electron chi connectivity index (χ4n) is 2.94. The largest absolute Gasteiger partial charge is 0.381 e. The highest BCUT2D eigenvalue weighted by atomic mass is 35.5. The van der Waals surface area contributed by atoms with Crippen LogP contribution in [-0.4, -0.2) is 24.7 Å². The molecule has 0 aromatic heterocycles. The smallest absolute Gasteiger partial charge is 0.244 e. The van der Waals surface area contributed by atoms with Gasteiger partial charge in [0.25, 0.3) is 0 Å². The lowest BCUT2D eigenvalue weighted by Crippen LogP contribution is -2.54. The van der Waals surface area contributed by atoms with Crippen molar-refractivity contribution in [1.29, 1.82) is 0 Å². The maximum Gasteiger partial charge on any atom is 0.244 e. The van der Waals surface area contributed by atoms with E-state index in [2.05, 4.69) is 29.7 Å². The van der Waals surface area contributed by atoms with Crippen molar-refractivity contribution < 1.29 is 9.53 Å². The number of carbonyl (C=O) groups excluding carboxylic acids is 1. The zero-order valence-electron chi connectivity index (χ0n) is 14.9. The average Bonchev–Trinajstić information content (AvgIpc) is 2.64. The Kier molecular flexibility index (Phi) is 7.03. The van der Waals surface area contributed by atoms with E-state index in [1.165, 1.54) is 5.56 Å². The molecule has 0 bridgehead atoms. The highest BCUT2D eigenvalue weighted by Gasteiger charge is 2.35. The SMILES string of the molecule is CC(Nc1ccc(NC(=O)C2(N)CCOCC2)cc1)c1ccccc1.Cl. The third kappa shape index (κ3) is 4.97. The Morgan fingerprint density at radius 2 is 1.62 bits per heavy atom. The third-order valence-corrected chi connectivity index (χ3v) is 4.66. The van der Waals surface area contributed by atoms with E-state index in [0.29, 0.717) is 26.1 Å². The molecule has 1 atom stereocenters. The number of amides is 1. The van der Waals surface area contributed by atoms with Gasteiger partial charge in [-0.2, -0.15) is 0 Å². The molecule has 0 radical (unpaired) electrons. The summed E-state index contributed by atoms with van der Waals surface area (Å²) in [5.41, 5.74) is 8.35. The van der Waals surface area contributed by atoms with E-state index < -0.39 is 5.54 Å². The van der Waals surface area contributed by atoms with Gasteiger partial charge in [-0.05, 0) is 49.6 Å². The minimum Gasteiger partial charge on any atom is -0.381 e. The van der Waals surface area contributed by atoms with Gasteiger partial charge in [-0.25, -0.2) is 0 Å². The van der Waals surface area contributed by atoms with Crippen LogP contribution in [0.25, 0.3) is 0 Å². The Balaban J connectivity index is 0.00000243. The predicted molar refractivity (Wildman–Crippen MR) is 108 cm³/mol. The minimum atomic E-state index is -0.836. The van der Waals surface area contributed by atoms with Crippen LogP contribution in [0.15, 0.2) is 54.6 Å². The number of hydrogen-bond acceptors (Lipinski definition) is 4. The lowest BCUT2D eigenvalue weighted by molar-refractivity contribution is -0.124. The molecule has 0 saturated carbocycles. The summed E-state index contributed by atoms with van der Waals surface area (Å²) >= 11 is 0. The van der Waals surface area contributed by atoms with Crippen molar-refractivity contribution in [3.8, 4) is 0 Å². The number of nitrogens with two attached hydrogens (primary N) is 1. The summed E-state index contributed by atoms with van der Waals surface area (Å²) in [5.74, 6) is -0.144. The highest BCUT2D eigenvalue weighted by Crippen LogP contribution is 2.23. The molecular formula is C20H26ClN3O2. The topological polar surface area (TPSA) is 76.4 Å². The second-order valence-corrected chi connectivity index (χ2v) is 6.58. The minimum absolute atomic E-state index is 0. The molecule has 26 heavy (non-hydrogen) atoms. The van der Waals surface area contributed by atoms with Gasteiger partial charge in [0.05, 0.1) is 0 Å². The van der Waals surface area contributed by atoms with Crippen LogP contribution in [0.3, 0.4) is 0 Å². The number of ether oxygens (including phenoxy) is 1. The maximum absolute atomic E-state index is 12.4. The van der Waals surface area contributed by atoms with Gasteiger partial charge in [-0.15, -0.1) is 12.4 Å². The van der Waals surface area contributed by atoms with Crippen LogP contribution in [0.5, 0.6) is 0 Å².